The van der Waals surface area contributed by atoms with Gasteiger partial charge in [0.05, 0.1) is 10.6 Å². The molecule has 0 bridgehead atoms. The number of ketones is 1. The second-order valence-corrected chi connectivity index (χ2v) is 8.19. The molecule has 2 heterocycles. The highest BCUT2D eigenvalue weighted by Crippen LogP contribution is 2.34. The Hall–Kier alpha value is -2.67. The van der Waals surface area contributed by atoms with E-state index in [1.165, 1.54) is 16.2 Å². The normalized spacial score (nSPS) is 13.5. The molecule has 28 heavy (non-hydrogen) atoms. The van der Waals surface area contributed by atoms with Gasteiger partial charge in [-0.15, -0.1) is 11.3 Å². The lowest BCUT2D eigenvalue weighted by molar-refractivity contribution is -0.135. The first-order valence-electron chi connectivity index (χ1n) is 9.26. The van der Waals surface area contributed by atoms with Crippen molar-refractivity contribution < 1.29 is 19.1 Å². The Morgan fingerprint density at radius 2 is 1.89 bits per heavy atom. The summed E-state index contributed by atoms with van der Waals surface area (Å²) in [4.78, 5) is 41.9. The molecule has 0 saturated carbocycles. The highest BCUT2D eigenvalue weighted by molar-refractivity contribution is 7.12. The van der Waals surface area contributed by atoms with Crippen LogP contribution in [0, 0.1) is 0 Å². The minimum atomic E-state index is -0.297. The molecule has 0 saturated heterocycles. The highest BCUT2D eigenvalue weighted by atomic mass is 32.1. The van der Waals surface area contributed by atoms with Crippen molar-refractivity contribution in [1.82, 2.24) is 4.90 Å². The van der Waals surface area contributed by atoms with Gasteiger partial charge in [0.25, 0.3) is 5.91 Å². The topological polar surface area (TPSA) is 66.9 Å². The number of hydrogen-bond donors (Lipinski definition) is 0. The van der Waals surface area contributed by atoms with Gasteiger partial charge in [0.2, 0.25) is 11.7 Å². The van der Waals surface area contributed by atoms with Crippen LogP contribution in [0.4, 0.5) is 5.69 Å². The van der Waals surface area contributed by atoms with Crippen LogP contribution in [0.1, 0.15) is 42.9 Å². The van der Waals surface area contributed by atoms with E-state index in [-0.39, 0.29) is 42.8 Å². The molecule has 0 spiro atoms. The van der Waals surface area contributed by atoms with Gasteiger partial charge in [-0.1, -0.05) is 6.07 Å². The zero-order valence-corrected chi connectivity index (χ0v) is 17.3. The molecule has 0 radical (unpaired) electrons. The van der Waals surface area contributed by atoms with Crippen molar-refractivity contribution in [2.45, 2.75) is 39.8 Å². The first-order valence-corrected chi connectivity index (χ1v) is 10.1. The van der Waals surface area contributed by atoms with E-state index in [2.05, 4.69) is 0 Å². The van der Waals surface area contributed by atoms with Crippen molar-refractivity contribution in [3.8, 4) is 5.75 Å². The van der Waals surface area contributed by atoms with Crippen molar-refractivity contribution in [3.05, 3.63) is 46.2 Å². The number of carbonyl (C=O) groups is 3. The lowest BCUT2D eigenvalue weighted by Crippen LogP contribution is -2.50. The Morgan fingerprint density at radius 1 is 1.18 bits per heavy atom. The van der Waals surface area contributed by atoms with Gasteiger partial charge in [0, 0.05) is 17.6 Å². The molecule has 3 rings (SSSR count). The van der Waals surface area contributed by atoms with Crippen LogP contribution in [0.5, 0.6) is 5.75 Å². The van der Waals surface area contributed by atoms with Crippen LogP contribution in [0.25, 0.3) is 0 Å². The van der Waals surface area contributed by atoms with E-state index >= 15 is 0 Å². The summed E-state index contributed by atoms with van der Waals surface area (Å²) in [5.41, 5.74) is 0.918. The molecule has 0 unspecified atom stereocenters. The Labute approximate surface area is 168 Å². The van der Waals surface area contributed by atoms with E-state index in [9.17, 15) is 14.4 Å². The molecule has 2 aromatic rings. The Morgan fingerprint density at radius 3 is 2.50 bits per heavy atom. The monoisotopic (exact) mass is 400 g/mol. The number of carbonyl (C=O) groups excluding carboxylic acids is 3. The number of rotatable bonds is 6. The van der Waals surface area contributed by atoms with Gasteiger partial charge in [0.15, 0.2) is 6.61 Å². The predicted octanol–water partition coefficient (Wildman–Crippen LogP) is 3.35. The number of hydrogen-bond acceptors (Lipinski definition) is 5. The zero-order chi connectivity index (χ0) is 20.4. The number of benzene rings is 1. The lowest BCUT2D eigenvalue weighted by atomic mass is 10.1. The minimum absolute atomic E-state index is 0.0230. The quantitative estimate of drug-likeness (QED) is 0.698. The van der Waals surface area contributed by atoms with Gasteiger partial charge < -0.3 is 9.64 Å². The molecule has 1 aliphatic heterocycles. The van der Waals surface area contributed by atoms with Gasteiger partial charge in [-0.3, -0.25) is 19.3 Å². The summed E-state index contributed by atoms with van der Waals surface area (Å²) in [5, 5.41) is 1.84. The number of ether oxygens (including phenoxy) is 1. The van der Waals surface area contributed by atoms with Gasteiger partial charge in [-0.25, -0.2) is 0 Å². The molecule has 2 amide bonds. The number of fused-ring (bicyclic) bond motifs is 1. The van der Waals surface area contributed by atoms with Crippen LogP contribution in [0.3, 0.4) is 0 Å². The minimum Gasteiger partial charge on any atom is -0.482 e. The third kappa shape index (κ3) is 3.94. The lowest BCUT2D eigenvalue weighted by Gasteiger charge is -2.35. The van der Waals surface area contributed by atoms with Crippen LogP contribution in [0.15, 0.2) is 35.7 Å². The third-order valence-electron chi connectivity index (χ3n) is 4.60. The summed E-state index contributed by atoms with van der Waals surface area (Å²) in [7, 11) is 0. The maximum atomic E-state index is 12.9. The summed E-state index contributed by atoms with van der Waals surface area (Å²) in [6, 6.07) is 8.63. The molecule has 0 aliphatic carbocycles. The molecule has 7 heteroatoms. The smallest absolute Gasteiger partial charge is 0.265 e. The number of nitrogens with zero attached hydrogens (tertiary/aromatic N) is 2. The molecule has 0 N–H and O–H groups in total. The van der Waals surface area contributed by atoms with E-state index in [0.717, 1.165) is 0 Å². The molecular formula is C21H24N2O4S. The van der Waals surface area contributed by atoms with Crippen molar-refractivity contribution >= 4 is 34.6 Å². The summed E-state index contributed by atoms with van der Waals surface area (Å²) in [6.45, 7) is 7.59. The molecular weight excluding hydrogens is 376 g/mol. The fraction of sp³-hybridized carbons (Fsp3) is 0.381. The van der Waals surface area contributed by atoms with Gasteiger partial charge in [0.1, 0.15) is 12.3 Å². The standard InChI is InChI=1S/C21H24N2O4S/c1-13(2)23(14(3)4)19(24)11-22-16-10-15(21(26)18-6-5-9-28-18)7-8-17(16)27-12-20(22)25/h5-10,13-14H,11-12H2,1-4H3. The molecule has 148 valence electrons. The highest BCUT2D eigenvalue weighted by Gasteiger charge is 2.31. The van der Waals surface area contributed by atoms with Crippen LogP contribution < -0.4 is 9.64 Å². The van der Waals surface area contributed by atoms with Gasteiger partial charge in [-0.2, -0.15) is 0 Å². The summed E-state index contributed by atoms with van der Waals surface area (Å²) >= 11 is 1.36. The largest absolute Gasteiger partial charge is 0.482 e. The average molecular weight is 401 g/mol. The Balaban J connectivity index is 1.92. The maximum absolute atomic E-state index is 12.9. The van der Waals surface area contributed by atoms with E-state index in [4.69, 9.17) is 4.74 Å². The average Bonchev–Trinajstić information content (AvgIpc) is 3.17. The molecule has 1 aromatic carbocycles. The first-order chi connectivity index (χ1) is 13.3. The van der Waals surface area contributed by atoms with E-state index in [1.807, 2.05) is 39.1 Å². The Kier molecular flexibility index (Phi) is 5.84. The van der Waals surface area contributed by atoms with Crippen molar-refractivity contribution in [2.75, 3.05) is 18.1 Å². The van der Waals surface area contributed by atoms with Crippen LogP contribution >= 0.6 is 11.3 Å². The van der Waals surface area contributed by atoms with Crippen molar-refractivity contribution in [3.63, 3.8) is 0 Å². The van der Waals surface area contributed by atoms with E-state index < -0.39 is 0 Å². The predicted molar refractivity (Wildman–Crippen MR) is 109 cm³/mol. The van der Waals surface area contributed by atoms with Crippen LogP contribution in [0.2, 0.25) is 0 Å². The Bertz CT molecular complexity index is 882. The molecule has 0 fully saturated rings. The maximum Gasteiger partial charge on any atom is 0.265 e. The summed E-state index contributed by atoms with van der Waals surface area (Å²) < 4.78 is 5.50. The fourth-order valence-corrected chi connectivity index (χ4v) is 4.14. The zero-order valence-electron chi connectivity index (χ0n) is 16.5. The summed E-state index contributed by atoms with van der Waals surface area (Å²) in [6.07, 6.45) is 0. The SMILES string of the molecule is CC(C)N(C(=O)CN1C(=O)COc2ccc(C(=O)c3cccs3)cc21)C(C)C. The number of anilines is 1. The van der Waals surface area contributed by atoms with Gasteiger partial charge in [-0.05, 0) is 57.3 Å². The van der Waals surface area contributed by atoms with E-state index in [1.54, 1.807) is 29.2 Å². The molecule has 6 nitrogen and oxygen atoms in total. The van der Waals surface area contributed by atoms with Crippen LogP contribution in [-0.2, 0) is 9.59 Å². The first kappa shape index (κ1) is 20.1. The third-order valence-corrected chi connectivity index (χ3v) is 5.47. The molecule has 1 aliphatic rings. The number of thiophene rings is 1. The summed E-state index contributed by atoms with van der Waals surface area (Å²) in [5.74, 6) is -0.0564. The van der Waals surface area contributed by atoms with Crippen molar-refractivity contribution in [1.29, 1.82) is 0 Å². The number of amides is 2. The second-order valence-electron chi connectivity index (χ2n) is 7.25. The molecule has 1 aromatic heterocycles. The van der Waals surface area contributed by atoms with Crippen molar-refractivity contribution in [2.24, 2.45) is 0 Å². The van der Waals surface area contributed by atoms with Crippen LogP contribution in [-0.4, -0.2) is 47.7 Å². The fourth-order valence-electron chi connectivity index (χ4n) is 3.46. The second kappa shape index (κ2) is 8.14. The van der Waals surface area contributed by atoms with E-state index in [0.29, 0.717) is 21.9 Å². The molecule has 0 atom stereocenters. The van der Waals surface area contributed by atoms with Gasteiger partial charge >= 0.3 is 0 Å².